The summed E-state index contributed by atoms with van der Waals surface area (Å²) in [5.41, 5.74) is 1.17. The van der Waals surface area contributed by atoms with E-state index in [0.717, 1.165) is 30.8 Å². The van der Waals surface area contributed by atoms with E-state index in [9.17, 15) is 4.79 Å². The molecule has 0 saturated heterocycles. The number of carbonyl (C=O) groups excluding carboxylic acids is 1. The lowest BCUT2D eigenvalue weighted by Gasteiger charge is -2.05. The van der Waals surface area contributed by atoms with Gasteiger partial charge in [0.25, 0.3) is 0 Å². The highest BCUT2D eigenvalue weighted by Gasteiger charge is 2.05. The fourth-order valence-electron chi connectivity index (χ4n) is 1.53. The van der Waals surface area contributed by atoms with Gasteiger partial charge in [-0.25, -0.2) is 0 Å². The third-order valence-electron chi connectivity index (χ3n) is 2.55. The predicted molar refractivity (Wildman–Crippen MR) is 67.7 cm³/mol. The van der Waals surface area contributed by atoms with Crippen LogP contribution in [0.2, 0.25) is 0 Å². The molecule has 1 heterocycles. The summed E-state index contributed by atoms with van der Waals surface area (Å²) in [7, 11) is 0. The Bertz CT molecular complexity index is 502. The van der Waals surface area contributed by atoms with Gasteiger partial charge < -0.3 is 9.26 Å². The Balaban J connectivity index is 2.04. The number of aromatic nitrogens is 1. The van der Waals surface area contributed by atoms with E-state index in [0.29, 0.717) is 17.7 Å². The summed E-state index contributed by atoms with van der Waals surface area (Å²) in [6.45, 7) is 2.86. The average Bonchev–Trinajstić information content (AvgIpc) is 2.89. The van der Waals surface area contributed by atoms with Gasteiger partial charge >= 0.3 is 0 Å². The molecule has 4 heteroatoms. The summed E-state index contributed by atoms with van der Waals surface area (Å²) in [6.07, 6.45) is 2.83. The molecular formula is C14H15NO3. The van der Waals surface area contributed by atoms with Crippen molar-refractivity contribution in [3.8, 4) is 17.1 Å². The van der Waals surface area contributed by atoms with Gasteiger partial charge in [0, 0.05) is 11.6 Å². The lowest BCUT2D eigenvalue weighted by molar-refractivity contribution is 0.111. The molecule has 0 unspecified atom stereocenters. The van der Waals surface area contributed by atoms with E-state index in [1.807, 2.05) is 24.3 Å². The smallest absolute Gasteiger partial charge is 0.171 e. The Labute approximate surface area is 106 Å². The third-order valence-corrected chi connectivity index (χ3v) is 2.55. The molecule has 0 N–H and O–H groups in total. The van der Waals surface area contributed by atoms with Crippen LogP contribution in [0.1, 0.15) is 30.3 Å². The molecule has 94 valence electrons. The number of carbonyl (C=O) groups is 1. The van der Waals surface area contributed by atoms with Gasteiger partial charge in [0.05, 0.1) is 6.61 Å². The topological polar surface area (TPSA) is 52.3 Å². The first-order chi connectivity index (χ1) is 8.83. The van der Waals surface area contributed by atoms with E-state index in [-0.39, 0.29) is 0 Å². The molecule has 0 aliphatic rings. The van der Waals surface area contributed by atoms with Crippen molar-refractivity contribution in [1.29, 1.82) is 0 Å². The van der Waals surface area contributed by atoms with Crippen LogP contribution in [0.4, 0.5) is 0 Å². The van der Waals surface area contributed by atoms with Crippen LogP contribution >= 0.6 is 0 Å². The second kappa shape index (κ2) is 6.00. The van der Waals surface area contributed by atoms with Crippen molar-refractivity contribution in [3.05, 3.63) is 36.0 Å². The van der Waals surface area contributed by atoms with Crippen LogP contribution in [0.25, 0.3) is 11.3 Å². The maximum absolute atomic E-state index is 10.5. The van der Waals surface area contributed by atoms with Gasteiger partial charge in [-0.3, -0.25) is 4.79 Å². The number of aldehydes is 1. The second-order valence-corrected chi connectivity index (χ2v) is 3.96. The summed E-state index contributed by atoms with van der Waals surface area (Å²) >= 11 is 0. The van der Waals surface area contributed by atoms with Gasteiger partial charge in [0.2, 0.25) is 0 Å². The molecule has 0 spiro atoms. The molecule has 0 bridgehead atoms. The van der Waals surface area contributed by atoms with E-state index < -0.39 is 0 Å². The zero-order valence-corrected chi connectivity index (χ0v) is 10.3. The molecule has 0 aliphatic heterocycles. The minimum Gasteiger partial charge on any atom is -0.494 e. The minimum atomic E-state index is 0.299. The molecule has 1 aromatic carbocycles. The summed E-state index contributed by atoms with van der Waals surface area (Å²) in [6, 6.07) is 9.15. The van der Waals surface area contributed by atoms with Crippen molar-refractivity contribution in [1.82, 2.24) is 5.16 Å². The number of nitrogens with zero attached hydrogens (tertiary/aromatic N) is 1. The van der Waals surface area contributed by atoms with Crippen molar-refractivity contribution in [3.63, 3.8) is 0 Å². The van der Waals surface area contributed by atoms with Gasteiger partial charge in [-0.05, 0) is 30.7 Å². The zero-order valence-electron chi connectivity index (χ0n) is 10.3. The van der Waals surface area contributed by atoms with Crippen molar-refractivity contribution < 1.29 is 14.1 Å². The Morgan fingerprint density at radius 2 is 2.11 bits per heavy atom. The molecule has 0 amide bonds. The highest BCUT2D eigenvalue weighted by atomic mass is 16.5. The number of rotatable bonds is 6. The molecule has 2 rings (SSSR count). The van der Waals surface area contributed by atoms with Crippen molar-refractivity contribution in [2.24, 2.45) is 0 Å². The molecule has 1 aromatic heterocycles. The summed E-state index contributed by atoms with van der Waals surface area (Å²) < 4.78 is 10.6. The fourth-order valence-corrected chi connectivity index (χ4v) is 1.53. The van der Waals surface area contributed by atoms with E-state index in [4.69, 9.17) is 9.26 Å². The predicted octanol–water partition coefficient (Wildman–Crippen LogP) is 3.33. The number of benzene rings is 1. The van der Waals surface area contributed by atoms with Crippen LogP contribution in [0, 0.1) is 0 Å². The first kappa shape index (κ1) is 12.4. The molecule has 0 aliphatic carbocycles. The van der Waals surface area contributed by atoms with E-state index in [1.165, 1.54) is 0 Å². The number of hydrogen-bond donors (Lipinski definition) is 0. The zero-order chi connectivity index (χ0) is 12.8. The minimum absolute atomic E-state index is 0.299. The van der Waals surface area contributed by atoms with Crippen LogP contribution in [-0.4, -0.2) is 18.0 Å². The van der Waals surface area contributed by atoms with Gasteiger partial charge in [-0.15, -0.1) is 0 Å². The monoisotopic (exact) mass is 245 g/mol. The SMILES string of the molecule is CCCCOc1ccc(-c2cc(C=O)no2)cc1. The van der Waals surface area contributed by atoms with Crippen LogP contribution in [-0.2, 0) is 0 Å². The second-order valence-electron chi connectivity index (χ2n) is 3.96. The van der Waals surface area contributed by atoms with E-state index in [1.54, 1.807) is 6.07 Å². The van der Waals surface area contributed by atoms with E-state index in [2.05, 4.69) is 12.1 Å². The average molecular weight is 245 g/mol. The summed E-state index contributed by atoms with van der Waals surface area (Å²) in [4.78, 5) is 10.5. The fraction of sp³-hybridized carbons (Fsp3) is 0.286. The normalized spacial score (nSPS) is 10.3. The van der Waals surface area contributed by atoms with Gasteiger partial charge in [-0.2, -0.15) is 0 Å². The molecule has 2 aromatic rings. The first-order valence-corrected chi connectivity index (χ1v) is 5.98. The van der Waals surface area contributed by atoms with Gasteiger partial charge in [0.1, 0.15) is 11.4 Å². The Morgan fingerprint density at radius 1 is 1.33 bits per heavy atom. The van der Waals surface area contributed by atoms with Crippen molar-refractivity contribution >= 4 is 6.29 Å². The van der Waals surface area contributed by atoms with Crippen LogP contribution in [0.3, 0.4) is 0 Å². The molecule has 18 heavy (non-hydrogen) atoms. The standard InChI is InChI=1S/C14H15NO3/c1-2-3-8-17-13-6-4-11(5-7-13)14-9-12(10-16)15-18-14/h4-7,9-10H,2-3,8H2,1H3. The van der Waals surface area contributed by atoms with Crippen molar-refractivity contribution in [2.45, 2.75) is 19.8 Å². The Morgan fingerprint density at radius 3 is 2.72 bits per heavy atom. The molecule has 0 fully saturated rings. The van der Waals surface area contributed by atoms with Crippen LogP contribution in [0.15, 0.2) is 34.9 Å². The van der Waals surface area contributed by atoms with Gasteiger partial charge in [-0.1, -0.05) is 18.5 Å². The first-order valence-electron chi connectivity index (χ1n) is 5.98. The van der Waals surface area contributed by atoms with Crippen molar-refractivity contribution in [2.75, 3.05) is 6.61 Å². The number of unbranched alkanes of at least 4 members (excludes halogenated alkanes) is 1. The molecule has 0 saturated carbocycles. The number of ether oxygens (including phenoxy) is 1. The maximum atomic E-state index is 10.5. The lowest BCUT2D eigenvalue weighted by Crippen LogP contribution is -1.95. The third kappa shape index (κ3) is 2.97. The molecular weight excluding hydrogens is 230 g/mol. The quantitative estimate of drug-likeness (QED) is 0.578. The summed E-state index contributed by atoms with van der Waals surface area (Å²) in [5.74, 6) is 1.42. The molecule has 4 nitrogen and oxygen atoms in total. The lowest BCUT2D eigenvalue weighted by atomic mass is 10.1. The highest BCUT2D eigenvalue weighted by Crippen LogP contribution is 2.22. The Hall–Kier alpha value is -2.10. The van der Waals surface area contributed by atoms with E-state index >= 15 is 0 Å². The molecule has 0 radical (unpaired) electrons. The highest BCUT2D eigenvalue weighted by molar-refractivity contribution is 5.74. The van der Waals surface area contributed by atoms with Crippen LogP contribution < -0.4 is 4.74 Å². The Kier molecular flexibility index (Phi) is 4.12. The largest absolute Gasteiger partial charge is 0.494 e. The number of hydrogen-bond acceptors (Lipinski definition) is 4. The maximum Gasteiger partial charge on any atom is 0.171 e. The van der Waals surface area contributed by atoms with Gasteiger partial charge in [0.15, 0.2) is 12.0 Å². The van der Waals surface area contributed by atoms with Crippen LogP contribution in [0.5, 0.6) is 5.75 Å². The molecule has 0 atom stereocenters. The summed E-state index contributed by atoms with van der Waals surface area (Å²) in [5, 5.41) is 3.62.